The molecule has 26 heavy (non-hydrogen) atoms. The molecule has 3 aromatic rings. The van der Waals surface area contributed by atoms with Gasteiger partial charge in [-0.2, -0.15) is 0 Å². The molecule has 0 unspecified atom stereocenters. The lowest BCUT2D eigenvalue weighted by Crippen LogP contribution is -2.43. The molecule has 1 heterocycles. The van der Waals surface area contributed by atoms with Crippen LogP contribution in [0.15, 0.2) is 59.8 Å². The van der Waals surface area contributed by atoms with Crippen LogP contribution in [-0.2, 0) is 20.7 Å². The minimum Gasteiger partial charge on any atom is -0.467 e. The number of amides is 1. The fourth-order valence-corrected chi connectivity index (χ4v) is 3.25. The number of hydrogen-bond acceptors (Lipinski definition) is 5. The number of aromatic amines is 1. The molecule has 1 atom stereocenters. The number of hydrogen-bond donors (Lipinski definition) is 2. The SMILES string of the molecule is COC(=O)[C@@H](Cc1ccccc1)NC(=O)CSc1nc2ccccc2[nH]1. The Morgan fingerprint density at radius 3 is 2.62 bits per heavy atom. The number of nitrogens with zero attached hydrogens (tertiary/aromatic N) is 1. The first-order valence-corrected chi connectivity index (χ1v) is 9.13. The Balaban J connectivity index is 1.59. The third kappa shape index (κ3) is 4.64. The Labute approximate surface area is 155 Å². The molecule has 7 heteroatoms. The number of imidazole rings is 1. The molecule has 0 aliphatic heterocycles. The highest BCUT2D eigenvalue weighted by molar-refractivity contribution is 7.99. The topological polar surface area (TPSA) is 84.1 Å². The van der Waals surface area contributed by atoms with Gasteiger partial charge in [0.15, 0.2) is 5.16 Å². The van der Waals surface area contributed by atoms with Crippen LogP contribution in [0.2, 0.25) is 0 Å². The number of esters is 1. The van der Waals surface area contributed by atoms with Gasteiger partial charge in [-0.05, 0) is 17.7 Å². The number of para-hydroxylation sites is 2. The summed E-state index contributed by atoms with van der Waals surface area (Å²) in [5.41, 5.74) is 2.73. The Morgan fingerprint density at radius 1 is 1.15 bits per heavy atom. The van der Waals surface area contributed by atoms with Crippen LogP contribution in [0.25, 0.3) is 11.0 Å². The molecule has 0 saturated heterocycles. The van der Waals surface area contributed by atoms with E-state index >= 15 is 0 Å². The van der Waals surface area contributed by atoms with Crippen LogP contribution in [0, 0.1) is 0 Å². The average molecular weight is 369 g/mol. The highest BCUT2D eigenvalue weighted by Gasteiger charge is 2.22. The van der Waals surface area contributed by atoms with Gasteiger partial charge in [0.2, 0.25) is 5.91 Å². The zero-order chi connectivity index (χ0) is 18.4. The Kier molecular flexibility index (Phi) is 5.91. The van der Waals surface area contributed by atoms with E-state index in [0.717, 1.165) is 16.6 Å². The Bertz CT molecular complexity index is 862. The minimum absolute atomic E-state index is 0.155. The average Bonchev–Trinajstić information content (AvgIpc) is 3.09. The number of methoxy groups -OCH3 is 1. The van der Waals surface area contributed by atoms with Crippen molar-refractivity contribution in [3.63, 3.8) is 0 Å². The number of carbonyl (C=O) groups excluding carboxylic acids is 2. The van der Waals surface area contributed by atoms with E-state index in [1.165, 1.54) is 18.9 Å². The van der Waals surface area contributed by atoms with Crippen LogP contribution >= 0.6 is 11.8 Å². The maximum absolute atomic E-state index is 12.3. The summed E-state index contributed by atoms with van der Waals surface area (Å²) >= 11 is 1.29. The van der Waals surface area contributed by atoms with Gasteiger partial charge in [0.05, 0.1) is 23.9 Å². The number of thioether (sulfide) groups is 1. The number of nitrogens with one attached hydrogen (secondary N) is 2. The van der Waals surface area contributed by atoms with Gasteiger partial charge in [-0.1, -0.05) is 54.2 Å². The highest BCUT2D eigenvalue weighted by atomic mass is 32.2. The summed E-state index contributed by atoms with van der Waals surface area (Å²) in [6, 6.07) is 16.5. The second kappa shape index (κ2) is 8.53. The second-order valence-electron chi connectivity index (χ2n) is 5.68. The van der Waals surface area contributed by atoms with Crippen molar-refractivity contribution in [2.24, 2.45) is 0 Å². The first kappa shape index (κ1) is 18.0. The van der Waals surface area contributed by atoms with E-state index in [-0.39, 0.29) is 11.7 Å². The maximum Gasteiger partial charge on any atom is 0.328 e. The number of aromatic nitrogens is 2. The highest BCUT2D eigenvalue weighted by Crippen LogP contribution is 2.19. The van der Waals surface area contributed by atoms with Crippen LogP contribution in [-0.4, -0.2) is 40.7 Å². The van der Waals surface area contributed by atoms with E-state index in [2.05, 4.69) is 15.3 Å². The number of ether oxygens (including phenoxy) is 1. The molecule has 0 bridgehead atoms. The Morgan fingerprint density at radius 2 is 1.88 bits per heavy atom. The molecule has 6 nitrogen and oxygen atoms in total. The van der Waals surface area contributed by atoms with Crippen molar-refractivity contribution in [1.29, 1.82) is 0 Å². The van der Waals surface area contributed by atoms with E-state index in [1.807, 2.05) is 54.6 Å². The van der Waals surface area contributed by atoms with Crippen molar-refractivity contribution in [3.05, 3.63) is 60.2 Å². The molecule has 0 radical (unpaired) electrons. The maximum atomic E-state index is 12.3. The number of rotatable bonds is 7. The molecule has 0 fully saturated rings. The summed E-state index contributed by atoms with van der Waals surface area (Å²) in [5, 5.41) is 3.41. The van der Waals surface area contributed by atoms with Crippen LogP contribution in [0.3, 0.4) is 0 Å². The number of benzene rings is 2. The lowest BCUT2D eigenvalue weighted by Gasteiger charge is -2.16. The third-order valence-corrected chi connectivity index (χ3v) is 4.68. The molecular weight excluding hydrogens is 350 g/mol. The monoisotopic (exact) mass is 369 g/mol. The standard InChI is InChI=1S/C19H19N3O3S/c1-25-18(24)16(11-13-7-3-2-4-8-13)20-17(23)12-26-19-21-14-9-5-6-10-15(14)22-19/h2-10,16H,11-12H2,1H3,(H,20,23)(H,21,22)/t16-/m1/s1. The molecular formula is C19H19N3O3S. The van der Waals surface area contributed by atoms with E-state index in [1.54, 1.807) is 0 Å². The number of H-pyrrole nitrogens is 1. The normalized spacial score (nSPS) is 11.9. The molecule has 3 rings (SSSR count). The molecule has 1 aromatic heterocycles. The van der Waals surface area contributed by atoms with Crippen molar-refractivity contribution in [1.82, 2.24) is 15.3 Å². The van der Waals surface area contributed by atoms with E-state index < -0.39 is 12.0 Å². The summed E-state index contributed by atoms with van der Waals surface area (Å²) in [5.74, 6) is -0.556. The van der Waals surface area contributed by atoms with Crippen molar-refractivity contribution in [2.75, 3.05) is 12.9 Å². The van der Waals surface area contributed by atoms with Gasteiger partial charge in [-0.3, -0.25) is 4.79 Å². The molecule has 2 N–H and O–H groups in total. The minimum atomic E-state index is -0.717. The van der Waals surface area contributed by atoms with Gasteiger partial charge in [0.1, 0.15) is 6.04 Å². The lowest BCUT2D eigenvalue weighted by atomic mass is 10.1. The molecule has 1 amide bonds. The lowest BCUT2D eigenvalue weighted by molar-refractivity contribution is -0.144. The number of fused-ring (bicyclic) bond motifs is 1. The third-order valence-electron chi connectivity index (χ3n) is 3.81. The van der Waals surface area contributed by atoms with Crippen molar-refractivity contribution in [3.8, 4) is 0 Å². The summed E-state index contributed by atoms with van der Waals surface area (Å²) in [6.45, 7) is 0. The van der Waals surface area contributed by atoms with Gasteiger partial charge < -0.3 is 15.0 Å². The smallest absolute Gasteiger partial charge is 0.328 e. The fraction of sp³-hybridized carbons (Fsp3) is 0.211. The Hall–Kier alpha value is -2.80. The zero-order valence-corrected chi connectivity index (χ0v) is 15.1. The first-order chi connectivity index (χ1) is 12.7. The van der Waals surface area contributed by atoms with Crippen molar-refractivity contribution < 1.29 is 14.3 Å². The molecule has 0 aliphatic rings. The van der Waals surface area contributed by atoms with E-state index in [4.69, 9.17) is 4.74 Å². The largest absolute Gasteiger partial charge is 0.467 e. The molecule has 0 saturated carbocycles. The quantitative estimate of drug-likeness (QED) is 0.494. The van der Waals surface area contributed by atoms with Gasteiger partial charge in [-0.15, -0.1) is 0 Å². The van der Waals surface area contributed by atoms with Gasteiger partial charge in [0, 0.05) is 6.42 Å². The van der Waals surface area contributed by atoms with Gasteiger partial charge in [-0.25, -0.2) is 9.78 Å². The zero-order valence-electron chi connectivity index (χ0n) is 14.3. The second-order valence-corrected chi connectivity index (χ2v) is 6.64. The predicted octanol–water partition coefficient (Wildman–Crippen LogP) is 2.56. The van der Waals surface area contributed by atoms with Crippen molar-refractivity contribution in [2.45, 2.75) is 17.6 Å². The number of carbonyl (C=O) groups is 2. The fourth-order valence-electron chi connectivity index (χ4n) is 2.55. The van der Waals surface area contributed by atoms with Crippen molar-refractivity contribution >= 4 is 34.7 Å². The molecule has 0 aliphatic carbocycles. The first-order valence-electron chi connectivity index (χ1n) is 8.14. The summed E-state index contributed by atoms with van der Waals surface area (Å²) in [6.07, 6.45) is 0.383. The summed E-state index contributed by atoms with van der Waals surface area (Å²) in [4.78, 5) is 31.8. The van der Waals surface area contributed by atoms with Gasteiger partial charge in [0.25, 0.3) is 0 Å². The van der Waals surface area contributed by atoms with Crippen LogP contribution in [0.4, 0.5) is 0 Å². The van der Waals surface area contributed by atoms with Crippen LogP contribution in [0.5, 0.6) is 0 Å². The van der Waals surface area contributed by atoms with E-state index in [9.17, 15) is 9.59 Å². The van der Waals surface area contributed by atoms with Gasteiger partial charge >= 0.3 is 5.97 Å². The summed E-state index contributed by atoms with van der Waals surface area (Å²) in [7, 11) is 1.32. The molecule has 2 aromatic carbocycles. The van der Waals surface area contributed by atoms with E-state index in [0.29, 0.717) is 11.6 Å². The summed E-state index contributed by atoms with van der Waals surface area (Å²) < 4.78 is 4.81. The molecule has 134 valence electrons. The predicted molar refractivity (Wildman–Crippen MR) is 101 cm³/mol. The van der Waals surface area contributed by atoms with Crippen LogP contribution < -0.4 is 5.32 Å². The molecule has 0 spiro atoms. The van der Waals surface area contributed by atoms with Crippen LogP contribution in [0.1, 0.15) is 5.56 Å².